The lowest BCUT2D eigenvalue weighted by molar-refractivity contribution is -0.112. The third kappa shape index (κ3) is 4.07. The fraction of sp³-hybridized carbons (Fsp3) is 0.444. The molecule has 0 atom stereocenters. The van der Waals surface area contributed by atoms with E-state index in [4.69, 9.17) is 17.3 Å². The second kappa shape index (κ2) is 7.78. The highest BCUT2D eigenvalue weighted by atomic mass is 35.5. The molecule has 0 unspecified atom stereocenters. The Morgan fingerprint density at radius 2 is 2.00 bits per heavy atom. The Morgan fingerprint density at radius 1 is 1.28 bits per heavy atom. The number of hydrogen-bond donors (Lipinski definition) is 1. The lowest BCUT2D eigenvalue weighted by Crippen LogP contribution is -2.14. The van der Waals surface area contributed by atoms with Crippen molar-refractivity contribution in [1.29, 1.82) is 0 Å². The molecule has 1 aromatic heterocycles. The predicted octanol–water partition coefficient (Wildman–Crippen LogP) is 3.46. The van der Waals surface area contributed by atoms with Gasteiger partial charge in [0.05, 0.1) is 10.7 Å². The van der Waals surface area contributed by atoms with Gasteiger partial charge in [-0.05, 0) is 53.8 Å². The van der Waals surface area contributed by atoms with E-state index in [-0.39, 0.29) is 0 Å². The van der Waals surface area contributed by atoms with Crippen molar-refractivity contribution in [2.75, 3.05) is 0 Å². The molecule has 6 nitrogen and oxygen atoms in total. The summed E-state index contributed by atoms with van der Waals surface area (Å²) in [6.45, 7) is 1.80. The average Bonchev–Trinajstić information content (AvgIpc) is 2.84. The minimum atomic E-state index is -0.424. The Balaban J connectivity index is 1.93. The van der Waals surface area contributed by atoms with Gasteiger partial charge in [-0.1, -0.05) is 49.4 Å². The maximum absolute atomic E-state index is 12.0. The summed E-state index contributed by atoms with van der Waals surface area (Å²) in [6.07, 6.45) is 9.17. The quantitative estimate of drug-likeness (QED) is 0.669. The van der Waals surface area contributed by atoms with Gasteiger partial charge in [-0.15, -0.1) is 5.10 Å². The smallest absolute Gasteiger partial charge is 0.248 e. The van der Waals surface area contributed by atoms with E-state index in [0.717, 1.165) is 18.4 Å². The van der Waals surface area contributed by atoms with E-state index in [1.165, 1.54) is 25.7 Å². The largest absolute Gasteiger partial charge is 0.366 e. The van der Waals surface area contributed by atoms with Gasteiger partial charge < -0.3 is 5.73 Å². The summed E-state index contributed by atoms with van der Waals surface area (Å²) in [5.41, 5.74) is 7.58. The van der Waals surface area contributed by atoms with Gasteiger partial charge in [0.2, 0.25) is 5.91 Å². The van der Waals surface area contributed by atoms with Gasteiger partial charge in [-0.3, -0.25) is 4.79 Å². The molecule has 132 valence electrons. The fourth-order valence-corrected chi connectivity index (χ4v) is 3.60. The monoisotopic (exact) mass is 359 g/mol. The van der Waals surface area contributed by atoms with E-state index in [2.05, 4.69) is 15.5 Å². The number of halogens is 1. The van der Waals surface area contributed by atoms with Crippen molar-refractivity contribution < 1.29 is 4.79 Å². The lowest BCUT2D eigenvalue weighted by atomic mass is 9.94. The number of nitrogens with two attached hydrogens (primary N) is 1. The highest BCUT2D eigenvalue weighted by Gasteiger charge is 2.17. The topological polar surface area (TPSA) is 86.7 Å². The molecule has 7 heteroatoms. The van der Waals surface area contributed by atoms with Gasteiger partial charge in [0.15, 0.2) is 5.82 Å². The Labute approximate surface area is 152 Å². The van der Waals surface area contributed by atoms with E-state index in [1.807, 2.05) is 18.2 Å². The molecule has 0 aliphatic heterocycles. The third-order valence-corrected chi connectivity index (χ3v) is 4.98. The Kier molecular flexibility index (Phi) is 5.48. The van der Waals surface area contributed by atoms with Crippen LogP contribution in [0.4, 0.5) is 0 Å². The summed E-state index contributed by atoms with van der Waals surface area (Å²) < 4.78 is 1.56. The molecule has 0 spiro atoms. The van der Waals surface area contributed by atoms with Crippen molar-refractivity contribution in [1.82, 2.24) is 20.2 Å². The first-order valence-electron chi connectivity index (χ1n) is 8.63. The molecule has 0 saturated heterocycles. The molecule has 2 N–H and O–H groups in total. The summed E-state index contributed by atoms with van der Waals surface area (Å²) in [5, 5.41) is 11.9. The number of carbonyl (C=O) groups excluding carboxylic acids is 1. The highest BCUT2D eigenvalue weighted by Crippen LogP contribution is 2.30. The average molecular weight is 360 g/mol. The van der Waals surface area contributed by atoms with Crippen LogP contribution in [0.15, 0.2) is 24.3 Å². The van der Waals surface area contributed by atoms with Gasteiger partial charge in [0, 0.05) is 5.57 Å². The van der Waals surface area contributed by atoms with Crippen molar-refractivity contribution in [2.24, 2.45) is 11.7 Å². The normalized spacial score (nSPS) is 16.6. The van der Waals surface area contributed by atoms with Crippen LogP contribution in [-0.2, 0) is 4.79 Å². The maximum Gasteiger partial charge on any atom is 0.248 e. The summed E-state index contributed by atoms with van der Waals surface area (Å²) in [5.74, 6) is 0.607. The maximum atomic E-state index is 12.0. The van der Waals surface area contributed by atoms with Gasteiger partial charge in [-0.25, -0.2) is 0 Å². The van der Waals surface area contributed by atoms with Gasteiger partial charge in [0.25, 0.3) is 0 Å². The number of benzene rings is 1. The van der Waals surface area contributed by atoms with Crippen LogP contribution in [-0.4, -0.2) is 26.1 Å². The standard InChI is InChI=1S/C18H22ClN5O/c1-12-21-22-23-24(12)17-9-8-14(11-16(17)19)15(18(20)25)10-13-6-4-2-3-5-7-13/h8-11,13H,2-7H2,1H3,(H2,20,25)/b15-10-. The van der Waals surface area contributed by atoms with Crippen LogP contribution in [0.5, 0.6) is 0 Å². The molecular weight excluding hydrogens is 338 g/mol. The molecule has 25 heavy (non-hydrogen) atoms. The number of primary amides is 1. The zero-order valence-corrected chi connectivity index (χ0v) is 15.0. The van der Waals surface area contributed by atoms with Crippen molar-refractivity contribution in [3.05, 3.63) is 40.7 Å². The molecule has 1 aromatic carbocycles. The molecule has 1 amide bonds. The summed E-state index contributed by atoms with van der Waals surface area (Å²) in [7, 11) is 0. The number of rotatable bonds is 4. The first kappa shape index (κ1) is 17.6. The van der Waals surface area contributed by atoms with Crippen molar-refractivity contribution >= 4 is 23.1 Å². The number of allylic oxidation sites excluding steroid dienone is 1. The van der Waals surface area contributed by atoms with Gasteiger partial charge in [0.1, 0.15) is 0 Å². The van der Waals surface area contributed by atoms with Gasteiger partial charge >= 0.3 is 0 Å². The first-order valence-corrected chi connectivity index (χ1v) is 9.01. The second-order valence-electron chi connectivity index (χ2n) is 6.50. The van der Waals surface area contributed by atoms with Crippen LogP contribution < -0.4 is 5.73 Å². The highest BCUT2D eigenvalue weighted by molar-refractivity contribution is 6.33. The first-order chi connectivity index (χ1) is 12.1. The molecule has 0 radical (unpaired) electrons. The fourth-order valence-electron chi connectivity index (χ4n) is 3.33. The summed E-state index contributed by atoms with van der Waals surface area (Å²) in [6, 6.07) is 5.41. The molecule has 1 fully saturated rings. The van der Waals surface area contributed by atoms with Crippen LogP contribution in [0.1, 0.15) is 49.9 Å². The van der Waals surface area contributed by atoms with Crippen LogP contribution >= 0.6 is 11.6 Å². The number of carbonyl (C=O) groups is 1. The van der Waals surface area contributed by atoms with Crippen LogP contribution in [0.25, 0.3) is 11.3 Å². The molecule has 2 aromatic rings. The van der Waals surface area contributed by atoms with Crippen molar-refractivity contribution in [3.8, 4) is 5.69 Å². The Bertz CT molecular complexity index is 791. The number of hydrogen-bond acceptors (Lipinski definition) is 4. The number of nitrogens with zero attached hydrogens (tertiary/aromatic N) is 4. The zero-order valence-electron chi connectivity index (χ0n) is 14.3. The summed E-state index contributed by atoms with van der Waals surface area (Å²) >= 11 is 6.41. The van der Waals surface area contributed by atoms with Gasteiger partial charge in [-0.2, -0.15) is 4.68 Å². The van der Waals surface area contributed by atoms with Crippen LogP contribution in [0, 0.1) is 12.8 Å². The SMILES string of the molecule is Cc1nnnn1-c1ccc(/C(=C/C2CCCCCC2)C(N)=O)cc1Cl. The molecule has 0 bridgehead atoms. The molecule has 3 rings (SSSR count). The minimum Gasteiger partial charge on any atom is -0.366 e. The summed E-state index contributed by atoms with van der Waals surface area (Å²) in [4.78, 5) is 12.0. The lowest BCUT2D eigenvalue weighted by Gasteiger charge is -2.13. The number of tetrazole rings is 1. The van der Waals surface area contributed by atoms with E-state index < -0.39 is 5.91 Å². The van der Waals surface area contributed by atoms with Crippen molar-refractivity contribution in [2.45, 2.75) is 45.4 Å². The third-order valence-electron chi connectivity index (χ3n) is 4.68. The Morgan fingerprint density at radius 3 is 2.56 bits per heavy atom. The van der Waals surface area contributed by atoms with Crippen molar-refractivity contribution in [3.63, 3.8) is 0 Å². The predicted molar refractivity (Wildman–Crippen MR) is 97.3 cm³/mol. The number of amides is 1. The van der Waals surface area contributed by atoms with E-state index in [0.29, 0.717) is 28.0 Å². The van der Waals surface area contributed by atoms with E-state index >= 15 is 0 Å². The van der Waals surface area contributed by atoms with Crippen LogP contribution in [0.3, 0.4) is 0 Å². The molecular formula is C18H22ClN5O. The molecule has 1 aliphatic rings. The number of aromatic nitrogens is 4. The van der Waals surface area contributed by atoms with E-state index in [1.54, 1.807) is 17.7 Å². The second-order valence-corrected chi connectivity index (χ2v) is 6.91. The van der Waals surface area contributed by atoms with E-state index in [9.17, 15) is 4.79 Å². The zero-order chi connectivity index (χ0) is 17.8. The molecule has 1 aliphatic carbocycles. The number of aryl methyl sites for hydroxylation is 1. The molecule has 1 saturated carbocycles. The minimum absolute atomic E-state index is 0.394. The van der Waals surface area contributed by atoms with Crippen LogP contribution in [0.2, 0.25) is 5.02 Å². The Hall–Kier alpha value is -2.21. The molecule has 1 heterocycles.